The standard InChI is InChI=1S/C14H23N5/c1-4-7-10-11-12(18(3)17-10)19(13(15)16-11)14(2)8-5-6-9-14/h4-9H2,1-3H3,(H2,15,16). The second kappa shape index (κ2) is 4.25. The van der Waals surface area contributed by atoms with E-state index in [1.807, 2.05) is 11.7 Å². The van der Waals surface area contributed by atoms with Gasteiger partial charge in [0.1, 0.15) is 5.52 Å². The minimum Gasteiger partial charge on any atom is -0.369 e. The van der Waals surface area contributed by atoms with Crippen LogP contribution >= 0.6 is 0 Å². The molecule has 5 heteroatoms. The number of fused-ring (bicyclic) bond motifs is 1. The summed E-state index contributed by atoms with van der Waals surface area (Å²) in [5, 5.41) is 4.62. The predicted molar refractivity (Wildman–Crippen MR) is 77.0 cm³/mol. The summed E-state index contributed by atoms with van der Waals surface area (Å²) in [6.45, 7) is 4.46. The number of imidazole rings is 1. The maximum absolute atomic E-state index is 6.21. The van der Waals surface area contributed by atoms with Gasteiger partial charge in [0.05, 0.1) is 5.69 Å². The SMILES string of the molecule is CCCc1nn(C)c2c1nc(N)n2C1(C)CCCC1. The number of hydrogen-bond acceptors (Lipinski definition) is 3. The average Bonchev–Trinajstić information content (AvgIpc) is 2.99. The smallest absolute Gasteiger partial charge is 0.203 e. The van der Waals surface area contributed by atoms with Gasteiger partial charge in [0.25, 0.3) is 0 Å². The normalized spacial score (nSPS) is 18.5. The lowest BCUT2D eigenvalue weighted by Crippen LogP contribution is -2.28. The fourth-order valence-corrected chi connectivity index (χ4v) is 3.49. The molecule has 19 heavy (non-hydrogen) atoms. The van der Waals surface area contributed by atoms with Crippen molar-refractivity contribution in [2.24, 2.45) is 7.05 Å². The van der Waals surface area contributed by atoms with Crippen molar-refractivity contribution in [3.63, 3.8) is 0 Å². The molecule has 1 aliphatic rings. The van der Waals surface area contributed by atoms with Crippen molar-refractivity contribution < 1.29 is 0 Å². The average molecular weight is 261 g/mol. The van der Waals surface area contributed by atoms with Gasteiger partial charge in [-0.25, -0.2) is 4.98 Å². The van der Waals surface area contributed by atoms with Crippen LogP contribution in [-0.2, 0) is 19.0 Å². The molecule has 0 radical (unpaired) electrons. The topological polar surface area (TPSA) is 61.7 Å². The molecule has 1 fully saturated rings. The molecule has 0 saturated heterocycles. The van der Waals surface area contributed by atoms with Crippen molar-refractivity contribution >= 4 is 17.1 Å². The molecular formula is C14H23N5. The fraction of sp³-hybridized carbons (Fsp3) is 0.714. The minimum absolute atomic E-state index is 0.107. The molecule has 2 N–H and O–H groups in total. The molecule has 5 nitrogen and oxygen atoms in total. The van der Waals surface area contributed by atoms with Crippen molar-refractivity contribution in [1.82, 2.24) is 19.3 Å². The number of nitrogen functional groups attached to an aromatic ring is 1. The van der Waals surface area contributed by atoms with Crippen LogP contribution in [0.1, 0.15) is 51.6 Å². The number of hydrogen-bond donors (Lipinski definition) is 1. The number of anilines is 1. The third-order valence-corrected chi connectivity index (χ3v) is 4.44. The van der Waals surface area contributed by atoms with Crippen LogP contribution in [-0.4, -0.2) is 19.3 Å². The molecule has 0 amide bonds. The monoisotopic (exact) mass is 261 g/mol. The van der Waals surface area contributed by atoms with Crippen LogP contribution in [0.5, 0.6) is 0 Å². The molecule has 0 unspecified atom stereocenters. The van der Waals surface area contributed by atoms with Gasteiger partial charge in [-0.3, -0.25) is 9.25 Å². The van der Waals surface area contributed by atoms with Gasteiger partial charge in [0, 0.05) is 12.6 Å². The highest BCUT2D eigenvalue weighted by Crippen LogP contribution is 2.40. The summed E-state index contributed by atoms with van der Waals surface area (Å²) in [4.78, 5) is 4.60. The summed E-state index contributed by atoms with van der Waals surface area (Å²) >= 11 is 0. The minimum atomic E-state index is 0.107. The quantitative estimate of drug-likeness (QED) is 0.923. The Labute approximate surface area is 113 Å². The Kier molecular flexibility index (Phi) is 2.80. The van der Waals surface area contributed by atoms with Gasteiger partial charge >= 0.3 is 0 Å². The molecule has 2 aromatic heterocycles. The van der Waals surface area contributed by atoms with Crippen LogP contribution < -0.4 is 5.73 Å². The molecule has 0 spiro atoms. The van der Waals surface area contributed by atoms with Crippen LogP contribution in [0.25, 0.3) is 11.2 Å². The largest absolute Gasteiger partial charge is 0.369 e. The van der Waals surface area contributed by atoms with E-state index >= 15 is 0 Å². The Morgan fingerprint density at radius 3 is 2.63 bits per heavy atom. The van der Waals surface area contributed by atoms with Gasteiger partial charge in [-0.1, -0.05) is 26.2 Å². The maximum atomic E-state index is 6.21. The first-order valence-corrected chi connectivity index (χ1v) is 7.27. The first kappa shape index (κ1) is 12.5. The van der Waals surface area contributed by atoms with E-state index < -0.39 is 0 Å². The Balaban J connectivity index is 2.22. The third kappa shape index (κ3) is 1.75. The molecule has 0 bridgehead atoms. The van der Waals surface area contributed by atoms with E-state index in [2.05, 4.69) is 28.5 Å². The van der Waals surface area contributed by atoms with Gasteiger partial charge in [-0.2, -0.15) is 5.10 Å². The van der Waals surface area contributed by atoms with Crippen molar-refractivity contribution in [1.29, 1.82) is 0 Å². The van der Waals surface area contributed by atoms with Gasteiger partial charge < -0.3 is 5.73 Å². The first-order valence-electron chi connectivity index (χ1n) is 7.27. The summed E-state index contributed by atoms with van der Waals surface area (Å²) < 4.78 is 4.18. The zero-order valence-electron chi connectivity index (χ0n) is 12.1. The van der Waals surface area contributed by atoms with Gasteiger partial charge in [0.2, 0.25) is 5.95 Å². The molecule has 0 aliphatic heterocycles. The van der Waals surface area contributed by atoms with E-state index in [1.54, 1.807) is 0 Å². The van der Waals surface area contributed by atoms with Crippen molar-refractivity contribution in [2.75, 3.05) is 5.73 Å². The van der Waals surface area contributed by atoms with Gasteiger partial charge in [0.15, 0.2) is 5.65 Å². The van der Waals surface area contributed by atoms with E-state index in [-0.39, 0.29) is 5.54 Å². The number of nitrogens with zero attached hydrogens (tertiary/aromatic N) is 4. The number of aromatic nitrogens is 4. The van der Waals surface area contributed by atoms with Gasteiger partial charge in [-0.05, 0) is 26.2 Å². The Hall–Kier alpha value is -1.52. The van der Waals surface area contributed by atoms with Crippen LogP contribution in [0.2, 0.25) is 0 Å². The maximum Gasteiger partial charge on any atom is 0.203 e. The van der Waals surface area contributed by atoms with Gasteiger partial charge in [-0.15, -0.1) is 0 Å². The Morgan fingerprint density at radius 2 is 2.00 bits per heavy atom. The molecule has 2 aromatic rings. The molecule has 1 saturated carbocycles. The summed E-state index contributed by atoms with van der Waals surface area (Å²) in [7, 11) is 2.00. The lowest BCUT2D eigenvalue weighted by Gasteiger charge is -2.27. The van der Waals surface area contributed by atoms with Crippen LogP contribution in [0.4, 0.5) is 5.95 Å². The zero-order valence-corrected chi connectivity index (χ0v) is 12.1. The fourth-order valence-electron chi connectivity index (χ4n) is 3.49. The zero-order chi connectivity index (χ0) is 13.6. The number of nitrogens with two attached hydrogens (primary N) is 1. The van der Waals surface area contributed by atoms with E-state index in [1.165, 1.54) is 25.7 Å². The van der Waals surface area contributed by atoms with Crippen LogP contribution in [0.3, 0.4) is 0 Å². The second-order valence-corrected chi connectivity index (χ2v) is 6.00. The molecule has 2 heterocycles. The molecule has 0 aromatic carbocycles. The van der Waals surface area contributed by atoms with E-state index in [0.717, 1.165) is 29.7 Å². The molecular weight excluding hydrogens is 238 g/mol. The highest BCUT2D eigenvalue weighted by molar-refractivity contribution is 5.78. The second-order valence-electron chi connectivity index (χ2n) is 6.00. The van der Waals surface area contributed by atoms with E-state index in [0.29, 0.717) is 5.95 Å². The van der Waals surface area contributed by atoms with Crippen LogP contribution in [0.15, 0.2) is 0 Å². The first-order chi connectivity index (χ1) is 9.07. The molecule has 0 atom stereocenters. The van der Waals surface area contributed by atoms with Crippen LogP contribution in [0, 0.1) is 0 Å². The summed E-state index contributed by atoms with van der Waals surface area (Å²) in [6, 6.07) is 0. The van der Waals surface area contributed by atoms with Crippen molar-refractivity contribution in [3.05, 3.63) is 5.69 Å². The number of aryl methyl sites for hydroxylation is 2. The summed E-state index contributed by atoms with van der Waals surface area (Å²) in [5.41, 5.74) is 9.47. The number of rotatable bonds is 3. The lowest BCUT2D eigenvalue weighted by atomic mass is 10.0. The summed E-state index contributed by atoms with van der Waals surface area (Å²) in [6.07, 6.45) is 6.94. The highest BCUT2D eigenvalue weighted by atomic mass is 15.4. The molecule has 1 aliphatic carbocycles. The lowest BCUT2D eigenvalue weighted by molar-refractivity contribution is 0.339. The van der Waals surface area contributed by atoms with E-state index in [9.17, 15) is 0 Å². The Bertz CT molecular complexity index is 601. The van der Waals surface area contributed by atoms with E-state index in [4.69, 9.17) is 5.73 Å². The van der Waals surface area contributed by atoms with Crippen molar-refractivity contribution in [3.8, 4) is 0 Å². The molecule has 104 valence electrons. The third-order valence-electron chi connectivity index (χ3n) is 4.44. The Morgan fingerprint density at radius 1 is 1.32 bits per heavy atom. The molecule has 3 rings (SSSR count). The van der Waals surface area contributed by atoms with Crippen molar-refractivity contribution in [2.45, 2.75) is 57.9 Å². The predicted octanol–water partition coefficient (Wildman–Crippen LogP) is 2.59. The highest BCUT2D eigenvalue weighted by Gasteiger charge is 2.35. The summed E-state index contributed by atoms with van der Waals surface area (Å²) in [5.74, 6) is 0.643.